The summed E-state index contributed by atoms with van der Waals surface area (Å²) in [4.78, 5) is 25.7. The molecule has 0 unspecified atom stereocenters. The van der Waals surface area contributed by atoms with Crippen molar-refractivity contribution in [3.8, 4) is 0 Å². The van der Waals surface area contributed by atoms with Gasteiger partial charge in [0.25, 0.3) is 0 Å². The van der Waals surface area contributed by atoms with Crippen LogP contribution in [0.3, 0.4) is 0 Å². The molecule has 1 aromatic rings. The van der Waals surface area contributed by atoms with Gasteiger partial charge in [-0.15, -0.1) is 0 Å². The number of Topliss-reactive ketones (excluding diaryl/α,β-unsaturated/α-hetero) is 1. The summed E-state index contributed by atoms with van der Waals surface area (Å²) in [6.45, 7) is 3.42. The molecule has 0 saturated carbocycles. The van der Waals surface area contributed by atoms with Gasteiger partial charge in [0.2, 0.25) is 5.91 Å². The van der Waals surface area contributed by atoms with Gasteiger partial charge >= 0.3 is 0 Å². The highest BCUT2D eigenvalue weighted by Crippen LogP contribution is 2.12. The van der Waals surface area contributed by atoms with Gasteiger partial charge in [-0.1, -0.05) is 31.2 Å². The Labute approximate surface area is 119 Å². The molecular formula is C16H22N2O2. The van der Waals surface area contributed by atoms with Crippen LogP contribution in [0.1, 0.15) is 42.1 Å². The van der Waals surface area contributed by atoms with E-state index in [4.69, 9.17) is 5.73 Å². The number of hydrogen-bond donors (Lipinski definition) is 1. The molecule has 1 fully saturated rings. The van der Waals surface area contributed by atoms with E-state index in [1.165, 1.54) is 5.56 Å². The Balaban J connectivity index is 1.83. The summed E-state index contributed by atoms with van der Waals surface area (Å²) >= 11 is 0. The van der Waals surface area contributed by atoms with E-state index in [2.05, 4.69) is 6.92 Å². The van der Waals surface area contributed by atoms with Gasteiger partial charge in [0.1, 0.15) is 0 Å². The Morgan fingerprint density at radius 1 is 1.25 bits per heavy atom. The fourth-order valence-electron chi connectivity index (χ4n) is 2.46. The first-order valence-electron chi connectivity index (χ1n) is 7.25. The molecule has 2 N–H and O–H groups in total. The number of ketones is 1. The van der Waals surface area contributed by atoms with Gasteiger partial charge in [-0.3, -0.25) is 9.59 Å². The minimum absolute atomic E-state index is 0.0319. The Morgan fingerprint density at radius 3 is 2.50 bits per heavy atom. The second kappa shape index (κ2) is 6.66. The van der Waals surface area contributed by atoms with Crippen LogP contribution < -0.4 is 5.73 Å². The van der Waals surface area contributed by atoms with E-state index in [0.29, 0.717) is 12.1 Å². The smallest absolute Gasteiger partial charge is 0.223 e. The van der Waals surface area contributed by atoms with Crippen LogP contribution in [-0.4, -0.2) is 35.7 Å². The highest BCUT2D eigenvalue weighted by Gasteiger charge is 2.23. The second-order valence-electron chi connectivity index (χ2n) is 5.36. The lowest BCUT2D eigenvalue weighted by molar-refractivity contribution is -0.130. The zero-order valence-electron chi connectivity index (χ0n) is 12.0. The summed E-state index contributed by atoms with van der Waals surface area (Å²) in [5, 5.41) is 0. The van der Waals surface area contributed by atoms with E-state index >= 15 is 0 Å². The average Bonchev–Trinajstić information content (AvgIpc) is 2.91. The third-order valence-electron chi connectivity index (χ3n) is 3.83. The summed E-state index contributed by atoms with van der Waals surface area (Å²) in [6, 6.07) is 7.72. The zero-order valence-corrected chi connectivity index (χ0v) is 12.0. The van der Waals surface area contributed by atoms with Crippen molar-refractivity contribution in [1.82, 2.24) is 4.90 Å². The van der Waals surface area contributed by atoms with E-state index < -0.39 is 0 Å². The Hall–Kier alpha value is -1.68. The molecule has 0 radical (unpaired) electrons. The maximum Gasteiger partial charge on any atom is 0.223 e. The van der Waals surface area contributed by atoms with Crippen LogP contribution in [-0.2, 0) is 11.2 Å². The minimum Gasteiger partial charge on any atom is -0.341 e. The third-order valence-corrected chi connectivity index (χ3v) is 3.83. The SMILES string of the molecule is CCc1ccc(C(=O)CCC(=O)N2CC[C@@H](N)C2)cc1. The molecule has 1 aromatic carbocycles. The van der Waals surface area contributed by atoms with Crippen LogP contribution in [0.25, 0.3) is 0 Å². The van der Waals surface area contributed by atoms with Crippen molar-refractivity contribution in [3.05, 3.63) is 35.4 Å². The summed E-state index contributed by atoms with van der Waals surface area (Å²) in [7, 11) is 0. The molecule has 0 aromatic heterocycles. The van der Waals surface area contributed by atoms with E-state index in [1.807, 2.05) is 24.3 Å². The number of rotatable bonds is 5. The summed E-state index contributed by atoms with van der Waals surface area (Å²) < 4.78 is 0. The molecule has 20 heavy (non-hydrogen) atoms. The van der Waals surface area contributed by atoms with Crippen molar-refractivity contribution in [2.75, 3.05) is 13.1 Å². The van der Waals surface area contributed by atoms with E-state index in [0.717, 1.165) is 19.4 Å². The molecule has 2 rings (SSSR count). The number of carbonyl (C=O) groups is 2. The molecule has 0 spiro atoms. The molecule has 4 nitrogen and oxygen atoms in total. The predicted molar refractivity (Wildman–Crippen MR) is 78.6 cm³/mol. The number of benzene rings is 1. The van der Waals surface area contributed by atoms with Crippen LogP contribution >= 0.6 is 0 Å². The summed E-state index contributed by atoms with van der Waals surface area (Å²) in [5.41, 5.74) is 7.68. The number of likely N-dealkylation sites (tertiary alicyclic amines) is 1. The maximum atomic E-state index is 12.0. The lowest BCUT2D eigenvalue weighted by atomic mass is 10.0. The van der Waals surface area contributed by atoms with Gasteiger partial charge < -0.3 is 10.6 Å². The topological polar surface area (TPSA) is 63.4 Å². The Kier molecular flexibility index (Phi) is 4.90. The van der Waals surface area contributed by atoms with Crippen LogP contribution in [0.2, 0.25) is 0 Å². The lowest BCUT2D eigenvalue weighted by Gasteiger charge is -2.15. The number of carbonyl (C=O) groups excluding carboxylic acids is 2. The van der Waals surface area contributed by atoms with E-state index in [1.54, 1.807) is 4.90 Å². The summed E-state index contributed by atoms with van der Waals surface area (Å²) in [6.07, 6.45) is 2.37. The zero-order chi connectivity index (χ0) is 14.5. The van der Waals surface area contributed by atoms with Gasteiger partial charge in [0.15, 0.2) is 5.78 Å². The van der Waals surface area contributed by atoms with Crippen LogP contribution in [0.5, 0.6) is 0 Å². The third kappa shape index (κ3) is 3.67. The monoisotopic (exact) mass is 274 g/mol. The predicted octanol–water partition coefficient (Wildman–Crippen LogP) is 1.77. The highest BCUT2D eigenvalue weighted by molar-refractivity contribution is 5.98. The number of hydrogen-bond acceptors (Lipinski definition) is 3. The molecule has 1 aliphatic rings. The van der Waals surface area contributed by atoms with Gasteiger partial charge in [-0.2, -0.15) is 0 Å². The maximum absolute atomic E-state index is 12.0. The molecule has 1 saturated heterocycles. The van der Waals surface area contributed by atoms with Crippen LogP contribution in [0, 0.1) is 0 Å². The lowest BCUT2D eigenvalue weighted by Crippen LogP contribution is -2.32. The van der Waals surface area contributed by atoms with Gasteiger partial charge in [0, 0.05) is 37.5 Å². The van der Waals surface area contributed by atoms with Crippen molar-refractivity contribution in [3.63, 3.8) is 0 Å². The first-order chi connectivity index (χ1) is 9.60. The first kappa shape index (κ1) is 14.7. The highest BCUT2D eigenvalue weighted by atomic mass is 16.2. The molecule has 1 heterocycles. The largest absolute Gasteiger partial charge is 0.341 e. The first-order valence-corrected chi connectivity index (χ1v) is 7.25. The molecule has 1 atom stereocenters. The molecule has 4 heteroatoms. The summed E-state index contributed by atoms with van der Waals surface area (Å²) in [5.74, 6) is 0.0703. The molecular weight excluding hydrogens is 252 g/mol. The van der Waals surface area contributed by atoms with Crippen molar-refractivity contribution in [2.45, 2.75) is 38.6 Å². The fourth-order valence-corrected chi connectivity index (χ4v) is 2.46. The van der Waals surface area contributed by atoms with Crippen molar-refractivity contribution < 1.29 is 9.59 Å². The molecule has 1 aliphatic heterocycles. The van der Waals surface area contributed by atoms with Crippen molar-refractivity contribution in [2.24, 2.45) is 5.73 Å². The fraction of sp³-hybridized carbons (Fsp3) is 0.500. The number of amides is 1. The molecule has 1 amide bonds. The van der Waals surface area contributed by atoms with Crippen molar-refractivity contribution >= 4 is 11.7 Å². The average molecular weight is 274 g/mol. The van der Waals surface area contributed by atoms with Gasteiger partial charge in [-0.05, 0) is 18.4 Å². The normalized spacial score (nSPS) is 18.3. The van der Waals surface area contributed by atoms with Crippen LogP contribution in [0.15, 0.2) is 24.3 Å². The Bertz CT molecular complexity index is 482. The molecule has 0 bridgehead atoms. The molecule has 0 aliphatic carbocycles. The molecule has 108 valence electrons. The van der Waals surface area contributed by atoms with E-state index in [9.17, 15) is 9.59 Å². The Morgan fingerprint density at radius 2 is 1.95 bits per heavy atom. The number of nitrogens with zero attached hydrogens (tertiary/aromatic N) is 1. The standard InChI is InChI=1S/C16H22N2O2/c1-2-12-3-5-13(6-4-12)15(19)7-8-16(20)18-10-9-14(17)11-18/h3-6,14H,2,7-11,17H2,1H3/t14-/m1/s1. The van der Waals surface area contributed by atoms with Gasteiger partial charge in [0.05, 0.1) is 0 Å². The quantitative estimate of drug-likeness (QED) is 0.832. The second-order valence-corrected chi connectivity index (χ2v) is 5.36. The number of aryl methyl sites for hydroxylation is 1. The van der Waals surface area contributed by atoms with E-state index in [-0.39, 0.29) is 30.6 Å². The van der Waals surface area contributed by atoms with Crippen molar-refractivity contribution in [1.29, 1.82) is 0 Å². The van der Waals surface area contributed by atoms with Gasteiger partial charge in [-0.25, -0.2) is 0 Å². The minimum atomic E-state index is 0.0319. The van der Waals surface area contributed by atoms with Crippen LogP contribution in [0.4, 0.5) is 0 Å². The number of nitrogens with two attached hydrogens (primary N) is 1.